The van der Waals surface area contributed by atoms with E-state index >= 15 is 0 Å². The first-order chi connectivity index (χ1) is 22.7. The maximum atomic E-state index is 13.9. The van der Waals surface area contributed by atoms with Crippen molar-refractivity contribution in [2.45, 2.75) is 22.6 Å². The number of hydrogen-bond acceptors (Lipinski definition) is 8. The maximum Gasteiger partial charge on any atom is 0.305 e. The molecule has 2 N–H and O–H groups in total. The SMILES string of the molecule is COc1cc([C@H]2c3sc(=O)[nH]c3SC3C2[C@H]2C[C@@H]3C3C(=O)N(c4ccccc4)C(=O)C32)ccc1OCC(=O)Nc1ccc(Cl)c(Cl)c1. The molecule has 2 aliphatic heterocycles. The molecule has 2 saturated carbocycles. The molecule has 8 rings (SSSR count). The van der Waals surface area contributed by atoms with E-state index in [0.29, 0.717) is 32.9 Å². The van der Waals surface area contributed by atoms with Gasteiger partial charge in [-0.3, -0.25) is 24.1 Å². The Labute approximate surface area is 287 Å². The number of rotatable bonds is 7. The van der Waals surface area contributed by atoms with Gasteiger partial charge in [-0.25, -0.2) is 0 Å². The Morgan fingerprint density at radius 3 is 2.47 bits per heavy atom. The molecule has 0 spiro atoms. The van der Waals surface area contributed by atoms with Gasteiger partial charge < -0.3 is 19.8 Å². The molecule has 3 amide bonds. The lowest BCUT2D eigenvalue weighted by Crippen LogP contribution is -2.42. The van der Waals surface area contributed by atoms with Crippen LogP contribution >= 0.6 is 46.3 Å². The molecule has 3 heterocycles. The van der Waals surface area contributed by atoms with Gasteiger partial charge in [-0.2, -0.15) is 0 Å². The summed E-state index contributed by atoms with van der Waals surface area (Å²) in [4.78, 5) is 58.2. The predicted octanol–water partition coefficient (Wildman–Crippen LogP) is 6.45. The van der Waals surface area contributed by atoms with Crippen molar-refractivity contribution in [2.24, 2.45) is 29.6 Å². The number of benzene rings is 3. The highest BCUT2D eigenvalue weighted by Gasteiger charge is 2.69. The van der Waals surface area contributed by atoms with Crippen molar-refractivity contribution in [3.63, 3.8) is 0 Å². The van der Waals surface area contributed by atoms with Gasteiger partial charge >= 0.3 is 4.87 Å². The lowest BCUT2D eigenvalue weighted by Gasteiger charge is -2.43. The molecule has 3 fully saturated rings. The number of methoxy groups -OCH3 is 1. The van der Waals surface area contributed by atoms with Gasteiger partial charge in [-0.05, 0) is 72.2 Å². The van der Waals surface area contributed by atoms with Crippen molar-refractivity contribution in [3.8, 4) is 11.5 Å². The number of carbonyl (C=O) groups is 3. The molecule has 240 valence electrons. The second-order valence-electron chi connectivity index (χ2n) is 12.2. The molecule has 4 unspecified atom stereocenters. The monoisotopic (exact) mass is 707 g/mol. The summed E-state index contributed by atoms with van der Waals surface area (Å²) in [6.07, 6.45) is 0.791. The average molecular weight is 709 g/mol. The highest BCUT2D eigenvalue weighted by Crippen LogP contribution is 2.68. The summed E-state index contributed by atoms with van der Waals surface area (Å²) in [5.74, 6) is -0.739. The molecule has 2 aliphatic carbocycles. The third-order valence-corrected chi connectivity index (χ3v) is 13.2. The van der Waals surface area contributed by atoms with Crippen molar-refractivity contribution < 1.29 is 23.9 Å². The second kappa shape index (κ2) is 11.7. The number of imide groups is 1. The van der Waals surface area contributed by atoms with Gasteiger partial charge in [0.05, 0.1) is 39.7 Å². The fourth-order valence-electron chi connectivity index (χ4n) is 8.13. The number of nitrogens with zero attached hydrogens (tertiary/aromatic N) is 1. The minimum absolute atomic E-state index is 0.0164. The van der Waals surface area contributed by atoms with Crippen LogP contribution in [0.5, 0.6) is 11.5 Å². The molecule has 3 aromatic carbocycles. The van der Waals surface area contributed by atoms with E-state index in [0.717, 1.165) is 21.9 Å². The van der Waals surface area contributed by atoms with Crippen LogP contribution in [-0.2, 0) is 14.4 Å². The molecule has 4 aliphatic rings. The number of anilines is 2. The fraction of sp³-hybridized carbons (Fsp3) is 0.294. The van der Waals surface area contributed by atoms with Crippen LogP contribution in [0.15, 0.2) is 76.6 Å². The van der Waals surface area contributed by atoms with Gasteiger partial charge in [0, 0.05) is 21.7 Å². The van der Waals surface area contributed by atoms with Gasteiger partial charge in [0.1, 0.15) is 0 Å². The standard InChI is InChI=1S/C34H27Cl2N3O6S2/c1-44-23-11-15(7-10-22(23)45-14-24(40)37-16-8-9-20(35)21(36)12-16)25-26-18-13-19(29(26)46-31-30(25)47-34(43)38-31)28-27(18)32(41)39(33(28)42)17-5-3-2-4-6-17/h2-12,18-19,25-29H,13-14H2,1H3,(H,37,40)(H,38,43)/t18-,19-,25-,26?,27?,28?,29?/m1/s1. The molecular formula is C34H27Cl2N3O6S2. The van der Waals surface area contributed by atoms with Crippen molar-refractivity contribution in [2.75, 3.05) is 23.9 Å². The molecule has 1 aromatic heterocycles. The van der Waals surface area contributed by atoms with E-state index in [1.54, 1.807) is 48.2 Å². The van der Waals surface area contributed by atoms with Crippen molar-refractivity contribution >= 4 is 75.4 Å². The third kappa shape index (κ3) is 4.97. The van der Waals surface area contributed by atoms with Crippen molar-refractivity contribution in [1.82, 2.24) is 4.98 Å². The van der Waals surface area contributed by atoms with Gasteiger partial charge in [-0.1, -0.05) is 58.8 Å². The molecule has 9 nitrogen and oxygen atoms in total. The topological polar surface area (TPSA) is 118 Å². The highest BCUT2D eigenvalue weighted by atomic mass is 35.5. The summed E-state index contributed by atoms with van der Waals surface area (Å²) >= 11 is 14.9. The van der Waals surface area contributed by atoms with E-state index in [1.165, 1.54) is 23.3 Å². The number of aromatic amines is 1. The Kier molecular flexibility index (Phi) is 7.63. The fourth-order valence-corrected chi connectivity index (χ4v) is 11.3. The van der Waals surface area contributed by atoms with E-state index in [4.69, 9.17) is 32.7 Å². The Balaban J connectivity index is 1.08. The molecule has 4 aromatic rings. The summed E-state index contributed by atoms with van der Waals surface area (Å²) in [6.45, 7) is -0.273. The molecule has 7 atom stereocenters. The van der Waals surface area contributed by atoms with Gasteiger partial charge in [0.2, 0.25) is 11.8 Å². The number of para-hydroxylation sites is 1. The highest BCUT2D eigenvalue weighted by molar-refractivity contribution is 8.00. The Bertz CT molecular complexity index is 2000. The zero-order valence-electron chi connectivity index (χ0n) is 24.8. The number of thioether (sulfide) groups is 1. The Morgan fingerprint density at radius 1 is 0.957 bits per heavy atom. The smallest absolute Gasteiger partial charge is 0.305 e. The predicted molar refractivity (Wildman–Crippen MR) is 181 cm³/mol. The van der Waals surface area contributed by atoms with Gasteiger partial charge in [-0.15, -0.1) is 11.8 Å². The lowest BCUT2D eigenvalue weighted by molar-refractivity contribution is -0.123. The summed E-state index contributed by atoms with van der Waals surface area (Å²) in [7, 11) is 1.53. The summed E-state index contributed by atoms with van der Waals surface area (Å²) < 4.78 is 11.6. The summed E-state index contributed by atoms with van der Waals surface area (Å²) in [5.41, 5.74) is 2.02. The molecular weight excluding hydrogens is 681 g/mol. The van der Waals surface area contributed by atoms with Crippen LogP contribution < -0.4 is 24.6 Å². The number of H-pyrrole nitrogens is 1. The van der Waals surface area contributed by atoms with Crippen LogP contribution in [0.3, 0.4) is 0 Å². The van der Waals surface area contributed by atoms with Gasteiger partial charge in [0.25, 0.3) is 5.91 Å². The number of aromatic nitrogens is 1. The number of hydrogen-bond donors (Lipinski definition) is 2. The van der Waals surface area contributed by atoms with Crippen LogP contribution in [0.2, 0.25) is 10.0 Å². The van der Waals surface area contributed by atoms with Crippen LogP contribution in [0.25, 0.3) is 0 Å². The molecule has 47 heavy (non-hydrogen) atoms. The molecule has 1 saturated heterocycles. The van der Waals surface area contributed by atoms with Crippen LogP contribution in [-0.4, -0.2) is 41.7 Å². The van der Waals surface area contributed by atoms with Crippen LogP contribution in [0.1, 0.15) is 22.8 Å². The number of fused-ring (bicyclic) bond motifs is 9. The summed E-state index contributed by atoms with van der Waals surface area (Å²) in [6, 6.07) is 19.5. The summed E-state index contributed by atoms with van der Waals surface area (Å²) in [5, 5.41) is 4.33. The minimum atomic E-state index is -0.396. The van der Waals surface area contributed by atoms with E-state index in [-0.39, 0.29) is 64.0 Å². The molecule has 0 radical (unpaired) electrons. The Hall–Kier alpha value is -3.77. The zero-order chi connectivity index (χ0) is 32.6. The number of thiazole rings is 1. The number of nitrogens with one attached hydrogen (secondary N) is 2. The first kappa shape index (κ1) is 30.6. The van der Waals surface area contributed by atoms with E-state index in [9.17, 15) is 19.2 Å². The maximum absolute atomic E-state index is 13.9. The molecule has 2 bridgehead atoms. The minimum Gasteiger partial charge on any atom is -0.493 e. The van der Waals surface area contributed by atoms with Crippen molar-refractivity contribution in [1.29, 1.82) is 0 Å². The van der Waals surface area contributed by atoms with E-state index in [2.05, 4.69) is 10.3 Å². The number of amides is 3. The van der Waals surface area contributed by atoms with E-state index in [1.807, 2.05) is 30.3 Å². The number of carbonyl (C=O) groups excluding carboxylic acids is 3. The zero-order valence-corrected chi connectivity index (χ0v) is 27.9. The quantitative estimate of drug-likeness (QED) is 0.212. The normalized spacial score (nSPS) is 27.0. The molecule has 13 heteroatoms. The van der Waals surface area contributed by atoms with Gasteiger partial charge in [0.15, 0.2) is 18.1 Å². The Morgan fingerprint density at radius 2 is 1.72 bits per heavy atom. The number of ether oxygens (including phenoxy) is 2. The third-order valence-electron chi connectivity index (χ3n) is 9.85. The average Bonchev–Trinajstić information content (AvgIpc) is 3.80. The first-order valence-corrected chi connectivity index (χ1v) is 17.6. The van der Waals surface area contributed by atoms with Crippen LogP contribution in [0.4, 0.5) is 11.4 Å². The lowest BCUT2D eigenvalue weighted by atomic mass is 9.68. The largest absolute Gasteiger partial charge is 0.493 e. The van der Waals surface area contributed by atoms with Crippen LogP contribution in [0, 0.1) is 29.6 Å². The van der Waals surface area contributed by atoms with E-state index < -0.39 is 5.92 Å². The first-order valence-electron chi connectivity index (χ1n) is 15.1. The van der Waals surface area contributed by atoms with Crippen molar-refractivity contribution in [3.05, 3.63) is 96.9 Å². The second-order valence-corrected chi connectivity index (χ2v) is 15.2. The number of halogens is 2.